The Morgan fingerprint density at radius 1 is 0.947 bits per heavy atom. The van der Waals surface area contributed by atoms with Crippen LogP contribution in [0.3, 0.4) is 0 Å². The zero-order valence-corrected chi connectivity index (χ0v) is 21.3. The molecule has 1 saturated carbocycles. The summed E-state index contributed by atoms with van der Waals surface area (Å²) in [7, 11) is 0. The molecule has 1 heterocycles. The van der Waals surface area contributed by atoms with Crippen molar-refractivity contribution in [2.75, 3.05) is 0 Å². The molecule has 4 rings (SSSR count). The summed E-state index contributed by atoms with van der Waals surface area (Å²) in [4.78, 5) is 11.9. The zero-order valence-electron chi connectivity index (χ0n) is 21.3. The van der Waals surface area contributed by atoms with Gasteiger partial charge in [-0.15, -0.1) is 0 Å². The summed E-state index contributed by atoms with van der Waals surface area (Å²) in [5, 5.41) is 50.0. The van der Waals surface area contributed by atoms with Crippen molar-refractivity contribution in [2.24, 2.45) is 0 Å². The van der Waals surface area contributed by atoms with E-state index in [1.54, 1.807) is 25.1 Å². The third-order valence-electron chi connectivity index (χ3n) is 6.99. The molecular formula is C28H36O10. The summed E-state index contributed by atoms with van der Waals surface area (Å²) >= 11 is 0. The number of hydrogen-bond acceptors (Lipinski definition) is 9. The largest absolute Gasteiger partial charge is 0.488 e. The van der Waals surface area contributed by atoms with Gasteiger partial charge in [0.05, 0.1) is 18.8 Å². The van der Waals surface area contributed by atoms with Gasteiger partial charge >= 0.3 is 5.97 Å². The third kappa shape index (κ3) is 7.02. The molecule has 0 radical (unpaired) electrons. The average molecular weight is 533 g/mol. The smallest absolute Gasteiger partial charge is 0.345 e. The molecule has 1 saturated heterocycles. The number of rotatable bonds is 10. The molecule has 5 N–H and O–H groups in total. The van der Waals surface area contributed by atoms with Crippen LogP contribution in [0.2, 0.25) is 0 Å². The maximum Gasteiger partial charge on any atom is 0.345 e. The van der Waals surface area contributed by atoms with E-state index in [0.717, 1.165) is 18.4 Å². The minimum Gasteiger partial charge on any atom is -0.488 e. The number of hydrogen-bond donors (Lipinski definition) is 5. The highest BCUT2D eigenvalue weighted by atomic mass is 16.7. The third-order valence-corrected chi connectivity index (χ3v) is 6.99. The van der Waals surface area contributed by atoms with Crippen LogP contribution in [0.1, 0.15) is 43.7 Å². The Kier molecular flexibility index (Phi) is 9.59. The lowest BCUT2D eigenvalue weighted by atomic mass is 9.94. The standard InChI is InChI=1S/C28H36O10/c1-16-24(30)25(31)26(32)28(35-16)38-22-10-6-5-9-21(22)36-19-11-18(15-29)12-20(14-19)37-23(27(33)34)13-17-7-3-2-4-8-17/h2-4,7-8,11-12,14,16,21-26,28-32H,5-6,9-10,13,15H2,1H3,(H,33,34)/t16-,21+,22+,23-,24+,25+,26-,28-/m0/s1. The van der Waals surface area contributed by atoms with Crippen molar-refractivity contribution in [1.82, 2.24) is 0 Å². The van der Waals surface area contributed by atoms with Gasteiger partial charge in [0.25, 0.3) is 0 Å². The van der Waals surface area contributed by atoms with Crippen molar-refractivity contribution >= 4 is 5.97 Å². The van der Waals surface area contributed by atoms with Crippen LogP contribution in [-0.4, -0.2) is 80.5 Å². The highest BCUT2D eigenvalue weighted by Crippen LogP contribution is 2.32. The van der Waals surface area contributed by atoms with Gasteiger partial charge in [-0.3, -0.25) is 0 Å². The van der Waals surface area contributed by atoms with Crippen LogP contribution in [0, 0.1) is 0 Å². The minimum absolute atomic E-state index is 0.164. The van der Waals surface area contributed by atoms with Gasteiger partial charge in [-0.25, -0.2) is 4.79 Å². The maximum absolute atomic E-state index is 11.9. The van der Waals surface area contributed by atoms with Gasteiger partial charge in [0.2, 0.25) is 0 Å². The molecule has 10 nitrogen and oxygen atoms in total. The molecule has 2 aromatic rings. The first-order valence-corrected chi connectivity index (χ1v) is 12.9. The Labute approximate surface area is 221 Å². The number of aliphatic hydroxyl groups excluding tert-OH is 4. The minimum atomic E-state index is -1.42. The van der Waals surface area contributed by atoms with Gasteiger partial charge in [-0.1, -0.05) is 36.8 Å². The number of ether oxygens (including phenoxy) is 4. The van der Waals surface area contributed by atoms with Crippen molar-refractivity contribution in [1.29, 1.82) is 0 Å². The lowest BCUT2D eigenvalue weighted by Crippen LogP contribution is -2.58. The number of aliphatic hydroxyl groups is 4. The quantitative estimate of drug-likeness (QED) is 0.306. The van der Waals surface area contributed by atoms with Gasteiger partial charge in [0.15, 0.2) is 12.4 Å². The fourth-order valence-corrected chi connectivity index (χ4v) is 4.86. The Balaban J connectivity index is 1.48. The molecule has 1 aliphatic heterocycles. The lowest BCUT2D eigenvalue weighted by Gasteiger charge is -2.42. The average Bonchev–Trinajstić information content (AvgIpc) is 2.91. The second-order valence-electron chi connectivity index (χ2n) is 9.90. The zero-order chi connectivity index (χ0) is 27.2. The first-order chi connectivity index (χ1) is 18.2. The summed E-state index contributed by atoms with van der Waals surface area (Å²) in [6.07, 6.45) is -4.72. The van der Waals surface area contributed by atoms with E-state index in [1.165, 1.54) is 0 Å². The summed E-state index contributed by atoms with van der Waals surface area (Å²) in [5.74, 6) is -0.482. The Morgan fingerprint density at radius 2 is 1.63 bits per heavy atom. The van der Waals surface area contributed by atoms with E-state index in [-0.39, 0.29) is 18.8 Å². The monoisotopic (exact) mass is 532 g/mol. The molecule has 1 aliphatic carbocycles. The topological polar surface area (TPSA) is 155 Å². The van der Waals surface area contributed by atoms with Crippen LogP contribution in [-0.2, 0) is 27.3 Å². The lowest BCUT2D eigenvalue weighted by molar-refractivity contribution is -0.311. The second-order valence-corrected chi connectivity index (χ2v) is 9.90. The number of carboxylic acid groups (broad SMARTS) is 1. The van der Waals surface area contributed by atoms with Crippen LogP contribution < -0.4 is 9.47 Å². The van der Waals surface area contributed by atoms with Crippen LogP contribution >= 0.6 is 0 Å². The van der Waals surface area contributed by atoms with Crippen LogP contribution in [0.15, 0.2) is 48.5 Å². The fraction of sp³-hybridized carbons (Fsp3) is 0.536. The summed E-state index contributed by atoms with van der Waals surface area (Å²) < 4.78 is 23.7. The van der Waals surface area contributed by atoms with Crippen molar-refractivity contribution in [2.45, 2.75) is 94.7 Å². The SMILES string of the molecule is C[C@@H]1O[C@@H](O[C@@H]2CCCC[C@H]2Oc2cc(CO)cc(O[C@@H](Cc3ccccc3)C(=O)O)c2)[C@@H](O)[C@H](O)[C@@H]1O. The summed E-state index contributed by atoms with van der Waals surface area (Å²) in [5.41, 5.74) is 1.31. The van der Waals surface area contributed by atoms with E-state index in [1.807, 2.05) is 30.3 Å². The van der Waals surface area contributed by atoms with Gasteiger partial charge in [0, 0.05) is 12.5 Å². The molecule has 0 spiro atoms. The molecule has 0 bridgehead atoms. The van der Waals surface area contributed by atoms with Gasteiger partial charge in [-0.05, 0) is 49.4 Å². The number of carboxylic acids is 1. The van der Waals surface area contributed by atoms with E-state index in [9.17, 15) is 30.3 Å². The summed E-state index contributed by atoms with van der Waals surface area (Å²) in [6.45, 7) is 1.30. The van der Waals surface area contributed by atoms with Crippen molar-refractivity contribution in [3.05, 3.63) is 59.7 Å². The number of carbonyl (C=O) groups is 1. The molecule has 8 atom stereocenters. The Hall–Kier alpha value is -2.73. The van der Waals surface area contributed by atoms with E-state index >= 15 is 0 Å². The van der Waals surface area contributed by atoms with E-state index in [4.69, 9.17) is 18.9 Å². The molecular weight excluding hydrogens is 496 g/mol. The summed E-state index contributed by atoms with van der Waals surface area (Å²) in [6, 6.07) is 14.0. The van der Waals surface area contributed by atoms with Gasteiger partial charge in [0.1, 0.15) is 35.9 Å². The first kappa shape index (κ1) is 28.3. The predicted molar refractivity (Wildman–Crippen MR) is 135 cm³/mol. The molecule has 38 heavy (non-hydrogen) atoms. The highest BCUT2D eigenvalue weighted by molar-refractivity contribution is 5.73. The maximum atomic E-state index is 11.9. The molecule has 2 fully saturated rings. The second kappa shape index (κ2) is 12.9. The van der Waals surface area contributed by atoms with Crippen LogP contribution in [0.4, 0.5) is 0 Å². The molecule has 2 aliphatic rings. The van der Waals surface area contributed by atoms with Crippen LogP contribution in [0.5, 0.6) is 11.5 Å². The molecule has 2 aromatic carbocycles. The van der Waals surface area contributed by atoms with E-state index in [0.29, 0.717) is 24.2 Å². The molecule has 0 aromatic heterocycles. The number of benzene rings is 2. The molecule has 0 unspecified atom stereocenters. The number of aliphatic carboxylic acids is 1. The highest BCUT2D eigenvalue weighted by Gasteiger charge is 2.44. The van der Waals surface area contributed by atoms with E-state index in [2.05, 4.69) is 0 Å². The van der Waals surface area contributed by atoms with Crippen LogP contribution in [0.25, 0.3) is 0 Å². The fourth-order valence-electron chi connectivity index (χ4n) is 4.86. The van der Waals surface area contributed by atoms with Crippen molar-refractivity contribution in [3.8, 4) is 11.5 Å². The van der Waals surface area contributed by atoms with E-state index < -0.39 is 55.0 Å². The molecule has 10 heteroatoms. The molecule has 0 amide bonds. The first-order valence-electron chi connectivity index (χ1n) is 12.9. The van der Waals surface area contributed by atoms with Crippen molar-refractivity contribution in [3.63, 3.8) is 0 Å². The Morgan fingerprint density at radius 3 is 2.32 bits per heavy atom. The predicted octanol–water partition coefficient (Wildman–Crippen LogP) is 1.79. The van der Waals surface area contributed by atoms with Gasteiger partial charge in [-0.2, -0.15) is 0 Å². The van der Waals surface area contributed by atoms with Crippen molar-refractivity contribution < 1.29 is 49.3 Å². The normalized spacial score (nSPS) is 30.4. The Bertz CT molecular complexity index is 1050. The molecule has 208 valence electrons. The van der Waals surface area contributed by atoms with Gasteiger partial charge < -0.3 is 44.5 Å².